The standard InChI is InChI=1S/C16H22N4S.HI/c1-16(2,3)20-15(17-4)18-10-14-19-13(11-21-14)12-8-6-5-7-9-12;/h5-9,11H,10H2,1-4H3,(H2,17,18,20);1H. The van der Waals surface area contributed by atoms with Crippen molar-refractivity contribution in [2.75, 3.05) is 7.05 Å². The van der Waals surface area contributed by atoms with Gasteiger partial charge in [0.05, 0.1) is 12.2 Å². The molecule has 1 aromatic heterocycles. The summed E-state index contributed by atoms with van der Waals surface area (Å²) >= 11 is 1.66. The van der Waals surface area contributed by atoms with Crippen molar-refractivity contribution in [3.8, 4) is 11.3 Å². The van der Waals surface area contributed by atoms with E-state index in [0.29, 0.717) is 6.54 Å². The molecule has 0 amide bonds. The average molecular weight is 430 g/mol. The third-order valence-corrected chi connectivity index (χ3v) is 3.59. The Balaban J connectivity index is 0.00000242. The van der Waals surface area contributed by atoms with Crippen molar-refractivity contribution in [1.29, 1.82) is 0 Å². The Kier molecular flexibility index (Phi) is 7.28. The van der Waals surface area contributed by atoms with Gasteiger partial charge in [-0.15, -0.1) is 35.3 Å². The van der Waals surface area contributed by atoms with Crippen LogP contribution in [-0.4, -0.2) is 23.5 Å². The van der Waals surface area contributed by atoms with Crippen LogP contribution in [0.2, 0.25) is 0 Å². The van der Waals surface area contributed by atoms with Crippen LogP contribution in [0.25, 0.3) is 11.3 Å². The van der Waals surface area contributed by atoms with Crippen LogP contribution in [0, 0.1) is 0 Å². The van der Waals surface area contributed by atoms with Crippen molar-refractivity contribution in [3.05, 3.63) is 40.7 Å². The second-order valence-corrected chi connectivity index (χ2v) is 6.74. The molecule has 2 rings (SSSR count). The second-order valence-electron chi connectivity index (χ2n) is 5.79. The zero-order valence-electron chi connectivity index (χ0n) is 13.4. The predicted molar refractivity (Wildman–Crippen MR) is 106 cm³/mol. The van der Waals surface area contributed by atoms with Crippen LogP contribution in [0.1, 0.15) is 25.8 Å². The lowest BCUT2D eigenvalue weighted by molar-refractivity contribution is 0.501. The molecule has 0 aliphatic heterocycles. The fraction of sp³-hybridized carbons (Fsp3) is 0.375. The smallest absolute Gasteiger partial charge is 0.191 e. The van der Waals surface area contributed by atoms with Gasteiger partial charge in [0.25, 0.3) is 0 Å². The van der Waals surface area contributed by atoms with Crippen LogP contribution in [0.15, 0.2) is 40.7 Å². The zero-order chi connectivity index (χ0) is 15.3. The van der Waals surface area contributed by atoms with E-state index in [1.54, 1.807) is 18.4 Å². The van der Waals surface area contributed by atoms with Crippen molar-refractivity contribution >= 4 is 41.3 Å². The molecule has 22 heavy (non-hydrogen) atoms. The fourth-order valence-electron chi connectivity index (χ4n) is 1.83. The normalized spacial score (nSPS) is 11.7. The number of guanidine groups is 1. The number of thiazole rings is 1. The Bertz CT molecular complexity index is 602. The Hall–Kier alpha value is -1.15. The minimum absolute atomic E-state index is 0. The summed E-state index contributed by atoms with van der Waals surface area (Å²) in [6, 6.07) is 10.2. The van der Waals surface area contributed by atoms with E-state index in [1.807, 2.05) is 18.2 Å². The van der Waals surface area contributed by atoms with Crippen LogP contribution in [0.4, 0.5) is 0 Å². The van der Waals surface area contributed by atoms with Gasteiger partial charge in [0.15, 0.2) is 5.96 Å². The molecule has 6 heteroatoms. The van der Waals surface area contributed by atoms with E-state index in [4.69, 9.17) is 0 Å². The predicted octanol–water partition coefficient (Wildman–Crippen LogP) is 3.89. The van der Waals surface area contributed by atoms with Crippen molar-refractivity contribution in [1.82, 2.24) is 15.6 Å². The summed E-state index contributed by atoms with van der Waals surface area (Å²) in [6.45, 7) is 7.00. The number of hydrogen-bond acceptors (Lipinski definition) is 3. The molecule has 2 N–H and O–H groups in total. The molecule has 0 saturated carbocycles. The van der Waals surface area contributed by atoms with Gasteiger partial charge >= 0.3 is 0 Å². The molecular weight excluding hydrogens is 407 g/mol. The molecule has 0 aliphatic carbocycles. The minimum Gasteiger partial charge on any atom is -0.352 e. The van der Waals surface area contributed by atoms with E-state index >= 15 is 0 Å². The van der Waals surface area contributed by atoms with Crippen LogP contribution in [0.3, 0.4) is 0 Å². The van der Waals surface area contributed by atoms with Crippen LogP contribution >= 0.6 is 35.3 Å². The van der Waals surface area contributed by atoms with Crippen LogP contribution in [-0.2, 0) is 6.54 Å². The van der Waals surface area contributed by atoms with Gasteiger partial charge in [0, 0.05) is 23.5 Å². The Morgan fingerprint density at radius 2 is 1.91 bits per heavy atom. The summed E-state index contributed by atoms with van der Waals surface area (Å²) in [6.07, 6.45) is 0. The van der Waals surface area contributed by atoms with Gasteiger partial charge in [0.2, 0.25) is 0 Å². The Labute approximate surface area is 153 Å². The third-order valence-electron chi connectivity index (χ3n) is 2.75. The van der Waals surface area contributed by atoms with E-state index in [2.05, 4.69) is 58.9 Å². The van der Waals surface area contributed by atoms with Gasteiger partial charge in [0.1, 0.15) is 5.01 Å². The lowest BCUT2D eigenvalue weighted by Crippen LogP contribution is -2.47. The van der Waals surface area contributed by atoms with Crippen LogP contribution in [0.5, 0.6) is 0 Å². The third kappa shape index (κ3) is 5.92. The Morgan fingerprint density at radius 3 is 2.50 bits per heavy atom. The molecule has 120 valence electrons. The number of aliphatic imine (C=N–C) groups is 1. The molecule has 1 aromatic carbocycles. The molecule has 0 bridgehead atoms. The molecule has 1 heterocycles. The van der Waals surface area contributed by atoms with Gasteiger partial charge < -0.3 is 10.6 Å². The summed E-state index contributed by atoms with van der Waals surface area (Å²) in [5, 5.41) is 9.76. The highest BCUT2D eigenvalue weighted by Gasteiger charge is 2.12. The first-order valence-electron chi connectivity index (χ1n) is 6.96. The molecule has 0 aliphatic rings. The Morgan fingerprint density at radius 1 is 1.23 bits per heavy atom. The van der Waals surface area contributed by atoms with E-state index in [9.17, 15) is 0 Å². The molecular formula is C16H23IN4S. The van der Waals surface area contributed by atoms with Gasteiger partial charge in [-0.25, -0.2) is 4.98 Å². The maximum absolute atomic E-state index is 4.66. The number of nitrogens with one attached hydrogen (secondary N) is 2. The number of rotatable bonds is 3. The first-order valence-corrected chi connectivity index (χ1v) is 7.84. The van der Waals surface area contributed by atoms with Gasteiger partial charge in [-0.05, 0) is 20.8 Å². The number of halogens is 1. The van der Waals surface area contributed by atoms with E-state index in [1.165, 1.54) is 0 Å². The SMILES string of the molecule is CN=C(NCc1nc(-c2ccccc2)cs1)NC(C)(C)C.I. The second kappa shape index (κ2) is 8.47. The first-order chi connectivity index (χ1) is 9.98. The molecule has 0 atom stereocenters. The maximum atomic E-state index is 4.66. The lowest BCUT2D eigenvalue weighted by Gasteiger charge is -2.23. The van der Waals surface area contributed by atoms with E-state index in [-0.39, 0.29) is 29.5 Å². The van der Waals surface area contributed by atoms with Crippen LogP contribution < -0.4 is 10.6 Å². The summed E-state index contributed by atoms with van der Waals surface area (Å²) in [4.78, 5) is 8.88. The zero-order valence-corrected chi connectivity index (χ0v) is 16.5. The summed E-state index contributed by atoms with van der Waals surface area (Å²) in [5.41, 5.74) is 2.16. The minimum atomic E-state index is -0.0140. The van der Waals surface area contributed by atoms with Gasteiger partial charge in [-0.1, -0.05) is 30.3 Å². The van der Waals surface area contributed by atoms with Gasteiger partial charge in [-0.2, -0.15) is 0 Å². The van der Waals surface area contributed by atoms with Crippen molar-refractivity contribution in [3.63, 3.8) is 0 Å². The molecule has 0 fully saturated rings. The number of nitrogens with zero attached hydrogens (tertiary/aromatic N) is 2. The number of hydrogen-bond donors (Lipinski definition) is 2. The monoisotopic (exact) mass is 430 g/mol. The fourth-order valence-corrected chi connectivity index (χ4v) is 2.57. The number of aromatic nitrogens is 1. The van der Waals surface area contributed by atoms with Crippen molar-refractivity contribution < 1.29 is 0 Å². The number of benzene rings is 1. The molecule has 0 unspecified atom stereocenters. The largest absolute Gasteiger partial charge is 0.352 e. The molecule has 0 radical (unpaired) electrons. The topological polar surface area (TPSA) is 49.3 Å². The maximum Gasteiger partial charge on any atom is 0.191 e. The molecule has 4 nitrogen and oxygen atoms in total. The van der Waals surface area contributed by atoms with Gasteiger partial charge in [-0.3, -0.25) is 4.99 Å². The summed E-state index contributed by atoms with van der Waals surface area (Å²) in [7, 11) is 1.78. The van der Waals surface area contributed by atoms with E-state index < -0.39 is 0 Å². The highest BCUT2D eigenvalue weighted by Crippen LogP contribution is 2.21. The van der Waals surface area contributed by atoms with E-state index in [0.717, 1.165) is 22.2 Å². The lowest BCUT2D eigenvalue weighted by atomic mass is 10.1. The average Bonchev–Trinajstić information content (AvgIpc) is 2.92. The highest BCUT2D eigenvalue weighted by molar-refractivity contribution is 14.0. The highest BCUT2D eigenvalue weighted by atomic mass is 127. The molecule has 2 aromatic rings. The van der Waals surface area contributed by atoms with Crippen molar-refractivity contribution in [2.45, 2.75) is 32.9 Å². The summed E-state index contributed by atoms with van der Waals surface area (Å²) < 4.78 is 0. The summed E-state index contributed by atoms with van der Waals surface area (Å²) in [5.74, 6) is 0.791. The molecule has 0 saturated heterocycles. The molecule has 0 spiro atoms. The van der Waals surface area contributed by atoms with Crippen molar-refractivity contribution in [2.24, 2.45) is 4.99 Å². The quantitative estimate of drug-likeness (QED) is 0.441. The first kappa shape index (κ1) is 18.9.